The van der Waals surface area contributed by atoms with Crippen LogP contribution in [0.3, 0.4) is 0 Å². The second kappa shape index (κ2) is 8.05. The van der Waals surface area contributed by atoms with E-state index in [4.69, 9.17) is 0 Å². The third kappa shape index (κ3) is 4.45. The fourth-order valence-corrected chi connectivity index (χ4v) is 1.38. The summed E-state index contributed by atoms with van der Waals surface area (Å²) in [5.41, 5.74) is 0. The van der Waals surface area contributed by atoms with Crippen LogP contribution in [0.5, 0.6) is 0 Å². The minimum Gasteiger partial charge on any atom is -0.313 e. The molecule has 2 nitrogen and oxygen atoms in total. The van der Waals surface area contributed by atoms with E-state index in [1.54, 1.807) is 0 Å². The van der Waals surface area contributed by atoms with Crippen molar-refractivity contribution in [2.75, 3.05) is 19.8 Å². The maximum absolute atomic E-state index is 11.7. The van der Waals surface area contributed by atoms with Gasteiger partial charge in [-0.15, -0.1) is 24.8 Å². The van der Waals surface area contributed by atoms with Crippen molar-refractivity contribution in [1.82, 2.24) is 10.6 Å². The van der Waals surface area contributed by atoms with Gasteiger partial charge < -0.3 is 10.6 Å². The summed E-state index contributed by atoms with van der Waals surface area (Å²) < 4.78 is 11.7. The first-order chi connectivity index (χ1) is 4.84. The third-order valence-electron chi connectivity index (χ3n) is 2.03. The van der Waals surface area contributed by atoms with Crippen molar-refractivity contribution >= 4 is 24.8 Å². The monoisotopic (exact) mass is 218 g/mol. The minimum absolute atomic E-state index is 0. The summed E-state index contributed by atoms with van der Waals surface area (Å²) in [6, 6.07) is 0.988. The van der Waals surface area contributed by atoms with E-state index < -0.39 is 0 Å². The molecule has 0 spiro atoms. The first-order valence-corrected chi connectivity index (χ1v) is 3.87. The topological polar surface area (TPSA) is 24.1 Å². The van der Waals surface area contributed by atoms with Gasteiger partial charge in [0.25, 0.3) is 0 Å². The molecule has 0 amide bonds. The number of rotatable bonds is 3. The lowest BCUT2D eigenvalue weighted by molar-refractivity contribution is 0.413. The standard InChI is InChI=1S/C7H15FN2.2ClH/c1-6-7(2-4-9-6)10-5-3-8;;/h6-7,9-10H,2-5H2,1H3;2*1H/t6-,7-;;/m0../s1. The minimum atomic E-state index is -0.261. The highest BCUT2D eigenvalue weighted by atomic mass is 35.5. The molecule has 0 aromatic rings. The number of hydrogen-bond donors (Lipinski definition) is 2. The number of hydrogen-bond acceptors (Lipinski definition) is 2. The van der Waals surface area contributed by atoms with Gasteiger partial charge in [0, 0.05) is 18.6 Å². The molecule has 1 saturated heterocycles. The zero-order chi connectivity index (χ0) is 7.40. The number of halogens is 3. The normalized spacial score (nSPS) is 27.5. The Morgan fingerprint density at radius 2 is 2.17 bits per heavy atom. The average Bonchev–Trinajstić information content (AvgIpc) is 2.31. The van der Waals surface area contributed by atoms with E-state index in [-0.39, 0.29) is 31.5 Å². The molecule has 0 saturated carbocycles. The number of nitrogens with one attached hydrogen (secondary N) is 2. The van der Waals surface area contributed by atoms with Crippen LogP contribution in [0.2, 0.25) is 0 Å². The van der Waals surface area contributed by atoms with Crippen molar-refractivity contribution in [2.45, 2.75) is 25.4 Å². The van der Waals surface area contributed by atoms with Gasteiger partial charge in [-0.05, 0) is 19.9 Å². The van der Waals surface area contributed by atoms with Crippen LogP contribution in [0.15, 0.2) is 0 Å². The Morgan fingerprint density at radius 1 is 1.50 bits per heavy atom. The van der Waals surface area contributed by atoms with E-state index in [0.717, 1.165) is 13.0 Å². The van der Waals surface area contributed by atoms with Crippen LogP contribution in [-0.4, -0.2) is 31.8 Å². The van der Waals surface area contributed by atoms with Crippen molar-refractivity contribution in [1.29, 1.82) is 0 Å². The Labute approximate surface area is 85.5 Å². The lowest BCUT2D eigenvalue weighted by Gasteiger charge is -2.15. The third-order valence-corrected chi connectivity index (χ3v) is 2.03. The van der Waals surface area contributed by atoms with Crippen LogP contribution < -0.4 is 10.6 Å². The molecular formula is C7H17Cl2FN2. The van der Waals surface area contributed by atoms with E-state index in [1.807, 2.05) is 0 Å². The molecule has 0 aromatic carbocycles. The van der Waals surface area contributed by atoms with Gasteiger partial charge in [-0.1, -0.05) is 0 Å². The predicted molar refractivity (Wildman–Crippen MR) is 54.3 cm³/mol. The van der Waals surface area contributed by atoms with Gasteiger partial charge in [0.1, 0.15) is 6.67 Å². The maximum atomic E-state index is 11.7. The summed E-state index contributed by atoms with van der Waals surface area (Å²) in [6.07, 6.45) is 1.13. The number of alkyl halides is 1. The summed E-state index contributed by atoms with van der Waals surface area (Å²) in [5.74, 6) is 0. The van der Waals surface area contributed by atoms with Crippen LogP contribution >= 0.6 is 24.8 Å². The molecule has 2 N–H and O–H groups in total. The van der Waals surface area contributed by atoms with E-state index >= 15 is 0 Å². The van der Waals surface area contributed by atoms with Crippen LogP contribution in [0.1, 0.15) is 13.3 Å². The van der Waals surface area contributed by atoms with E-state index in [1.165, 1.54) is 0 Å². The summed E-state index contributed by atoms with van der Waals surface area (Å²) in [5, 5.41) is 6.44. The molecule has 0 aliphatic carbocycles. The van der Waals surface area contributed by atoms with Crippen molar-refractivity contribution in [2.24, 2.45) is 0 Å². The second-order valence-electron chi connectivity index (χ2n) is 2.78. The summed E-state index contributed by atoms with van der Waals surface area (Å²) in [4.78, 5) is 0. The first kappa shape index (κ1) is 14.9. The molecule has 0 unspecified atom stereocenters. The Hall–Kier alpha value is 0.430. The molecule has 1 heterocycles. The van der Waals surface area contributed by atoms with Crippen molar-refractivity contribution in [3.05, 3.63) is 0 Å². The van der Waals surface area contributed by atoms with E-state index in [2.05, 4.69) is 17.6 Å². The highest BCUT2D eigenvalue weighted by molar-refractivity contribution is 5.85. The SMILES string of the molecule is C[C@@H]1NCC[C@@H]1NCCF.Cl.Cl. The lowest BCUT2D eigenvalue weighted by atomic mass is 10.1. The first-order valence-electron chi connectivity index (χ1n) is 3.87. The zero-order valence-corrected chi connectivity index (χ0v) is 8.81. The van der Waals surface area contributed by atoms with Gasteiger partial charge in [0.15, 0.2) is 0 Å². The largest absolute Gasteiger partial charge is 0.313 e. The van der Waals surface area contributed by atoms with Crippen LogP contribution in [0.4, 0.5) is 4.39 Å². The lowest BCUT2D eigenvalue weighted by Crippen LogP contribution is -2.39. The summed E-state index contributed by atoms with van der Waals surface area (Å²) in [7, 11) is 0. The van der Waals surface area contributed by atoms with Crippen LogP contribution in [-0.2, 0) is 0 Å². The fraction of sp³-hybridized carbons (Fsp3) is 1.00. The molecule has 0 bridgehead atoms. The highest BCUT2D eigenvalue weighted by Crippen LogP contribution is 2.04. The Morgan fingerprint density at radius 3 is 2.58 bits per heavy atom. The van der Waals surface area contributed by atoms with E-state index in [0.29, 0.717) is 18.6 Å². The smallest absolute Gasteiger partial charge is 0.102 e. The van der Waals surface area contributed by atoms with Gasteiger partial charge >= 0.3 is 0 Å². The van der Waals surface area contributed by atoms with Crippen LogP contribution in [0, 0.1) is 0 Å². The van der Waals surface area contributed by atoms with Crippen LogP contribution in [0.25, 0.3) is 0 Å². The molecule has 0 aromatic heterocycles. The summed E-state index contributed by atoms with van der Waals surface area (Å²) >= 11 is 0. The van der Waals surface area contributed by atoms with Gasteiger partial charge in [-0.25, -0.2) is 4.39 Å². The predicted octanol–water partition coefficient (Wildman–Crippen LogP) is 1.14. The van der Waals surface area contributed by atoms with E-state index in [9.17, 15) is 4.39 Å². The quantitative estimate of drug-likeness (QED) is 0.743. The molecule has 1 aliphatic heterocycles. The molecular weight excluding hydrogens is 202 g/mol. The molecule has 1 aliphatic rings. The molecule has 1 fully saturated rings. The molecule has 12 heavy (non-hydrogen) atoms. The fourth-order valence-electron chi connectivity index (χ4n) is 1.38. The molecule has 76 valence electrons. The Balaban J connectivity index is 0. The summed E-state index contributed by atoms with van der Waals surface area (Å²) in [6.45, 7) is 3.42. The van der Waals surface area contributed by atoms with Gasteiger partial charge in [0.05, 0.1) is 0 Å². The van der Waals surface area contributed by atoms with Crippen molar-refractivity contribution in [3.63, 3.8) is 0 Å². The average molecular weight is 219 g/mol. The highest BCUT2D eigenvalue weighted by Gasteiger charge is 2.21. The van der Waals surface area contributed by atoms with Gasteiger partial charge in [-0.2, -0.15) is 0 Å². The van der Waals surface area contributed by atoms with Crippen molar-refractivity contribution in [3.8, 4) is 0 Å². The van der Waals surface area contributed by atoms with Crippen molar-refractivity contribution < 1.29 is 4.39 Å². The Bertz CT molecular complexity index is 105. The molecule has 1 rings (SSSR count). The maximum Gasteiger partial charge on any atom is 0.102 e. The Kier molecular flexibility index (Phi) is 10.0. The van der Waals surface area contributed by atoms with Gasteiger partial charge in [0.2, 0.25) is 0 Å². The second-order valence-corrected chi connectivity index (χ2v) is 2.78. The molecule has 0 radical (unpaired) electrons. The molecule has 2 atom stereocenters. The van der Waals surface area contributed by atoms with Gasteiger partial charge in [-0.3, -0.25) is 0 Å². The zero-order valence-electron chi connectivity index (χ0n) is 7.18. The molecule has 5 heteroatoms.